The van der Waals surface area contributed by atoms with Crippen LogP contribution in [-0.2, 0) is 14.3 Å². The first-order chi connectivity index (χ1) is 18.0. The van der Waals surface area contributed by atoms with Crippen LogP contribution >= 0.6 is 0 Å². The lowest BCUT2D eigenvalue weighted by molar-refractivity contribution is -0.145. The van der Waals surface area contributed by atoms with E-state index in [1.807, 2.05) is 73.7 Å². The van der Waals surface area contributed by atoms with Crippen LogP contribution in [0.1, 0.15) is 64.1 Å². The predicted octanol–water partition coefficient (Wildman–Crippen LogP) is 6.12. The summed E-state index contributed by atoms with van der Waals surface area (Å²) in [6.07, 6.45) is 1.92. The molecular weight excluding hydrogens is 478 g/mol. The molecule has 38 heavy (non-hydrogen) atoms. The van der Waals surface area contributed by atoms with Crippen LogP contribution in [0.2, 0.25) is 0 Å². The van der Waals surface area contributed by atoms with Gasteiger partial charge < -0.3 is 20.3 Å². The first kappa shape index (κ1) is 27.2. The third-order valence-corrected chi connectivity index (χ3v) is 6.85. The molecule has 4 rings (SSSR count). The first-order valence-corrected chi connectivity index (χ1v) is 13.2. The van der Waals surface area contributed by atoms with Crippen molar-refractivity contribution >= 4 is 34.4 Å². The Balaban J connectivity index is 1.67. The van der Waals surface area contributed by atoms with Crippen molar-refractivity contribution < 1.29 is 19.1 Å². The Kier molecular flexibility index (Phi) is 8.05. The lowest BCUT2D eigenvalue weighted by atomic mass is 9.87. The second kappa shape index (κ2) is 11.3. The molecule has 1 aliphatic carbocycles. The average molecular weight is 516 g/mol. The van der Waals surface area contributed by atoms with E-state index in [9.17, 15) is 14.4 Å². The van der Waals surface area contributed by atoms with Crippen LogP contribution < -0.4 is 10.6 Å². The minimum atomic E-state index is -0.870. The lowest BCUT2D eigenvalue weighted by Gasteiger charge is -2.43. The molecule has 0 aliphatic heterocycles. The van der Waals surface area contributed by atoms with Crippen molar-refractivity contribution in [2.24, 2.45) is 0 Å². The Bertz CT molecular complexity index is 1330. The monoisotopic (exact) mass is 515 g/mol. The van der Waals surface area contributed by atoms with Crippen LogP contribution in [0, 0.1) is 6.92 Å². The molecule has 7 heteroatoms. The Hall–Kier alpha value is -3.87. The van der Waals surface area contributed by atoms with E-state index < -0.39 is 23.8 Å². The summed E-state index contributed by atoms with van der Waals surface area (Å²) in [7, 11) is 0. The van der Waals surface area contributed by atoms with Gasteiger partial charge in [0.05, 0.1) is 0 Å². The van der Waals surface area contributed by atoms with Crippen LogP contribution in [0.25, 0.3) is 10.8 Å². The Morgan fingerprint density at radius 1 is 0.947 bits per heavy atom. The van der Waals surface area contributed by atoms with E-state index in [-0.39, 0.29) is 17.9 Å². The highest BCUT2D eigenvalue weighted by atomic mass is 16.6. The minimum absolute atomic E-state index is 0.0997. The molecule has 3 aromatic rings. The molecule has 3 aromatic carbocycles. The van der Waals surface area contributed by atoms with Gasteiger partial charge in [-0.1, -0.05) is 54.6 Å². The van der Waals surface area contributed by atoms with Crippen LogP contribution in [0.5, 0.6) is 0 Å². The van der Waals surface area contributed by atoms with Gasteiger partial charge in [-0.3, -0.25) is 9.59 Å². The van der Waals surface area contributed by atoms with Gasteiger partial charge in [-0.25, -0.2) is 4.79 Å². The summed E-state index contributed by atoms with van der Waals surface area (Å²) < 4.78 is 5.36. The van der Waals surface area contributed by atoms with E-state index in [0.29, 0.717) is 5.69 Å². The summed E-state index contributed by atoms with van der Waals surface area (Å²) in [5.41, 5.74) is 1.64. The maximum absolute atomic E-state index is 14.0. The van der Waals surface area contributed by atoms with E-state index in [1.54, 1.807) is 32.6 Å². The number of hydrogen-bond donors (Lipinski definition) is 2. The fourth-order valence-electron chi connectivity index (χ4n) is 4.74. The molecule has 1 saturated carbocycles. The highest BCUT2D eigenvalue weighted by Gasteiger charge is 2.41. The quantitative estimate of drug-likeness (QED) is 0.397. The number of amides is 3. The summed E-state index contributed by atoms with van der Waals surface area (Å²) in [4.78, 5) is 42.0. The van der Waals surface area contributed by atoms with Gasteiger partial charge in [0.15, 0.2) is 0 Å². The van der Waals surface area contributed by atoms with E-state index in [1.165, 1.54) is 0 Å². The molecule has 200 valence electrons. The molecule has 7 nitrogen and oxygen atoms in total. The number of aryl methyl sites for hydroxylation is 1. The van der Waals surface area contributed by atoms with Crippen LogP contribution in [-0.4, -0.2) is 40.5 Å². The molecule has 0 radical (unpaired) electrons. The number of carbonyl (C=O) groups excluding carboxylic acids is 3. The molecule has 3 amide bonds. The predicted molar refractivity (Wildman–Crippen MR) is 150 cm³/mol. The molecule has 2 atom stereocenters. The summed E-state index contributed by atoms with van der Waals surface area (Å²) in [5.74, 6) is -0.609. The van der Waals surface area contributed by atoms with Crippen molar-refractivity contribution in [3.05, 3.63) is 77.9 Å². The number of carbonyl (C=O) groups is 3. The zero-order valence-electron chi connectivity index (χ0n) is 22.8. The topological polar surface area (TPSA) is 87.7 Å². The minimum Gasteiger partial charge on any atom is -0.444 e. The summed E-state index contributed by atoms with van der Waals surface area (Å²) >= 11 is 0. The van der Waals surface area contributed by atoms with E-state index in [4.69, 9.17) is 4.74 Å². The number of benzene rings is 3. The number of hydrogen-bond acceptors (Lipinski definition) is 4. The van der Waals surface area contributed by atoms with Crippen molar-refractivity contribution in [1.29, 1.82) is 0 Å². The van der Waals surface area contributed by atoms with E-state index >= 15 is 0 Å². The SMILES string of the molecule is Cc1ccccc1C(C(=O)Nc1ccc2ccccc2c1)N(C(=O)C(C)NC(=O)OC(C)(C)C)C1CCC1. The number of nitrogens with one attached hydrogen (secondary N) is 2. The van der Waals surface area contributed by atoms with Crippen molar-refractivity contribution in [3.8, 4) is 0 Å². The Morgan fingerprint density at radius 3 is 2.24 bits per heavy atom. The van der Waals surface area contributed by atoms with Gasteiger partial charge in [0.2, 0.25) is 5.91 Å². The molecule has 0 saturated heterocycles. The number of ether oxygens (including phenoxy) is 1. The standard InChI is InChI=1S/C31H37N3O4/c1-20-11-6-9-16-26(20)27(28(35)33-24-18-17-22-12-7-8-13-23(22)19-24)34(25-14-10-15-25)29(36)21(2)32-30(37)38-31(3,4)5/h6-9,11-13,16-19,21,25,27H,10,14-15H2,1-5H3,(H,32,37)(H,33,35). The fraction of sp³-hybridized carbons (Fsp3) is 0.387. The smallest absolute Gasteiger partial charge is 0.408 e. The maximum atomic E-state index is 14.0. The molecular formula is C31H37N3O4. The van der Waals surface area contributed by atoms with Crippen LogP contribution in [0.4, 0.5) is 10.5 Å². The van der Waals surface area contributed by atoms with Gasteiger partial charge in [-0.15, -0.1) is 0 Å². The van der Waals surface area contributed by atoms with Crippen molar-refractivity contribution in [1.82, 2.24) is 10.2 Å². The number of rotatable bonds is 7. The highest BCUT2D eigenvalue weighted by Crippen LogP contribution is 2.35. The average Bonchev–Trinajstić information content (AvgIpc) is 2.81. The third-order valence-electron chi connectivity index (χ3n) is 6.85. The van der Waals surface area contributed by atoms with Gasteiger partial charge in [-0.05, 0) is 87.9 Å². The molecule has 2 unspecified atom stereocenters. The second-order valence-corrected chi connectivity index (χ2v) is 11.0. The molecule has 1 aliphatic rings. The van der Waals surface area contributed by atoms with Gasteiger partial charge in [-0.2, -0.15) is 0 Å². The van der Waals surface area contributed by atoms with Crippen molar-refractivity contribution in [2.45, 2.75) is 77.6 Å². The Labute approximate surface area is 224 Å². The van der Waals surface area contributed by atoms with Crippen molar-refractivity contribution in [3.63, 3.8) is 0 Å². The lowest BCUT2D eigenvalue weighted by Crippen LogP contribution is -2.56. The Morgan fingerprint density at radius 2 is 1.61 bits per heavy atom. The zero-order chi connectivity index (χ0) is 27.4. The van der Waals surface area contributed by atoms with E-state index in [2.05, 4.69) is 10.6 Å². The molecule has 0 bridgehead atoms. The largest absolute Gasteiger partial charge is 0.444 e. The molecule has 2 N–H and O–H groups in total. The molecule has 0 spiro atoms. The van der Waals surface area contributed by atoms with E-state index in [0.717, 1.165) is 41.2 Å². The number of anilines is 1. The van der Waals surface area contributed by atoms with Gasteiger partial charge >= 0.3 is 6.09 Å². The van der Waals surface area contributed by atoms with Gasteiger partial charge in [0.1, 0.15) is 17.7 Å². The molecule has 0 heterocycles. The van der Waals surface area contributed by atoms with Gasteiger partial charge in [0, 0.05) is 11.7 Å². The highest BCUT2D eigenvalue weighted by molar-refractivity contribution is 6.00. The fourth-order valence-corrected chi connectivity index (χ4v) is 4.74. The third kappa shape index (κ3) is 6.33. The number of fused-ring (bicyclic) bond motifs is 1. The molecule has 0 aromatic heterocycles. The summed E-state index contributed by atoms with van der Waals surface area (Å²) in [6.45, 7) is 8.88. The normalized spacial score (nSPS) is 15.2. The number of alkyl carbamates (subject to hydrolysis) is 1. The zero-order valence-corrected chi connectivity index (χ0v) is 22.8. The summed E-state index contributed by atoms with van der Waals surface area (Å²) in [5, 5.41) is 7.82. The van der Waals surface area contributed by atoms with Crippen molar-refractivity contribution in [2.75, 3.05) is 5.32 Å². The first-order valence-electron chi connectivity index (χ1n) is 13.2. The second-order valence-electron chi connectivity index (χ2n) is 11.0. The molecule has 1 fully saturated rings. The van der Waals surface area contributed by atoms with Crippen LogP contribution in [0.15, 0.2) is 66.7 Å². The summed E-state index contributed by atoms with van der Waals surface area (Å²) in [6, 6.07) is 19.5. The van der Waals surface area contributed by atoms with Gasteiger partial charge in [0.25, 0.3) is 5.91 Å². The maximum Gasteiger partial charge on any atom is 0.408 e. The van der Waals surface area contributed by atoms with Crippen LogP contribution in [0.3, 0.4) is 0 Å². The number of nitrogens with zero attached hydrogens (tertiary/aromatic N) is 1.